The Bertz CT molecular complexity index is 311. The maximum Gasteiger partial charge on any atom is 0.337 e. The predicted octanol–water partition coefficient (Wildman–Crippen LogP) is 1.32. The van der Waals surface area contributed by atoms with Crippen LogP contribution >= 0.6 is 0 Å². The molecule has 14 heavy (non-hydrogen) atoms. The van der Waals surface area contributed by atoms with Gasteiger partial charge in [-0.15, -0.1) is 0 Å². The SMILES string of the molecule is COC(=O)C1=CCC=C([C@@H](C)N)C=C1. The zero-order valence-electron chi connectivity index (χ0n) is 8.49. The topological polar surface area (TPSA) is 52.3 Å². The summed E-state index contributed by atoms with van der Waals surface area (Å²) in [6.45, 7) is 1.92. The minimum Gasteiger partial charge on any atom is -0.465 e. The van der Waals surface area contributed by atoms with Crippen molar-refractivity contribution in [1.29, 1.82) is 0 Å². The monoisotopic (exact) mass is 193 g/mol. The highest BCUT2D eigenvalue weighted by molar-refractivity contribution is 5.91. The molecule has 1 aliphatic carbocycles. The molecule has 2 N–H and O–H groups in total. The van der Waals surface area contributed by atoms with E-state index in [9.17, 15) is 4.79 Å². The molecule has 0 saturated carbocycles. The molecule has 0 bridgehead atoms. The van der Waals surface area contributed by atoms with E-state index in [1.807, 2.05) is 25.2 Å². The molecule has 1 atom stereocenters. The van der Waals surface area contributed by atoms with Gasteiger partial charge in [-0.2, -0.15) is 0 Å². The Kier molecular flexibility index (Phi) is 3.65. The van der Waals surface area contributed by atoms with E-state index < -0.39 is 0 Å². The highest BCUT2D eigenvalue weighted by atomic mass is 16.5. The first-order valence-corrected chi connectivity index (χ1v) is 4.57. The second-order valence-corrected chi connectivity index (χ2v) is 3.21. The van der Waals surface area contributed by atoms with Gasteiger partial charge in [-0.05, 0) is 25.0 Å². The zero-order chi connectivity index (χ0) is 10.6. The van der Waals surface area contributed by atoms with Crippen molar-refractivity contribution in [3.8, 4) is 0 Å². The molecule has 0 aromatic heterocycles. The molecule has 0 unspecified atom stereocenters. The van der Waals surface area contributed by atoms with E-state index in [4.69, 9.17) is 5.73 Å². The van der Waals surface area contributed by atoms with Crippen LogP contribution in [0.3, 0.4) is 0 Å². The first-order valence-electron chi connectivity index (χ1n) is 4.57. The van der Waals surface area contributed by atoms with Gasteiger partial charge in [0.2, 0.25) is 0 Å². The summed E-state index contributed by atoms with van der Waals surface area (Å²) in [5.41, 5.74) is 7.36. The standard InChI is InChI=1S/C11H15NO2/c1-8(12)9-4-3-5-10(7-6-9)11(13)14-2/h4-8H,3,12H2,1-2H3/t8-/m1/s1. The molecule has 0 aliphatic heterocycles. The maximum atomic E-state index is 11.2. The van der Waals surface area contributed by atoms with E-state index in [0.717, 1.165) is 5.57 Å². The summed E-state index contributed by atoms with van der Waals surface area (Å²) in [5.74, 6) is -0.305. The van der Waals surface area contributed by atoms with Gasteiger partial charge in [0.05, 0.1) is 12.7 Å². The van der Waals surface area contributed by atoms with E-state index in [-0.39, 0.29) is 12.0 Å². The molecule has 0 heterocycles. The van der Waals surface area contributed by atoms with Crippen LogP contribution in [-0.2, 0) is 9.53 Å². The van der Waals surface area contributed by atoms with Crippen molar-refractivity contribution in [2.24, 2.45) is 5.73 Å². The third-order valence-electron chi connectivity index (χ3n) is 2.09. The Morgan fingerprint density at radius 3 is 2.79 bits per heavy atom. The Morgan fingerprint density at radius 2 is 2.21 bits per heavy atom. The Labute approximate surface area is 83.9 Å². The summed E-state index contributed by atoms with van der Waals surface area (Å²) in [5, 5.41) is 0. The smallest absolute Gasteiger partial charge is 0.337 e. The lowest BCUT2D eigenvalue weighted by molar-refractivity contribution is -0.135. The first-order chi connectivity index (χ1) is 6.65. The average molecular weight is 193 g/mol. The molecule has 0 aromatic carbocycles. The van der Waals surface area contributed by atoms with Gasteiger partial charge in [-0.1, -0.05) is 18.2 Å². The third kappa shape index (κ3) is 2.57. The Hall–Kier alpha value is -1.35. The summed E-state index contributed by atoms with van der Waals surface area (Å²) in [6, 6.07) is -0.00310. The van der Waals surface area contributed by atoms with E-state index in [0.29, 0.717) is 12.0 Å². The number of ether oxygens (including phenoxy) is 1. The number of carbonyl (C=O) groups is 1. The average Bonchev–Trinajstić information content (AvgIpc) is 2.41. The van der Waals surface area contributed by atoms with Gasteiger partial charge in [0.1, 0.15) is 0 Å². The summed E-state index contributed by atoms with van der Waals surface area (Å²) in [4.78, 5) is 11.2. The van der Waals surface area contributed by atoms with Crippen LogP contribution < -0.4 is 5.73 Å². The number of esters is 1. The van der Waals surface area contributed by atoms with Crippen LogP contribution in [0, 0.1) is 0 Å². The minimum absolute atomic E-state index is 0.00310. The second kappa shape index (κ2) is 4.77. The molecule has 0 aromatic rings. The number of carbonyl (C=O) groups excluding carboxylic acids is 1. The van der Waals surface area contributed by atoms with Crippen molar-refractivity contribution in [3.05, 3.63) is 35.5 Å². The number of methoxy groups -OCH3 is 1. The molecular formula is C11H15NO2. The van der Waals surface area contributed by atoms with Gasteiger partial charge in [-0.3, -0.25) is 0 Å². The van der Waals surface area contributed by atoms with Crippen molar-refractivity contribution in [1.82, 2.24) is 0 Å². The number of hydrogen-bond donors (Lipinski definition) is 1. The summed E-state index contributed by atoms with van der Waals surface area (Å²) < 4.78 is 4.63. The van der Waals surface area contributed by atoms with Gasteiger partial charge in [0, 0.05) is 6.04 Å². The van der Waals surface area contributed by atoms with E-state index in [1.54, 1.807) is 6.08 Å². The lowest BCUT2D eigenvalue weighted by Crippen LogP contribution is -2.16. The molecule has 0 saturated heterocycles. The largest absolute Gasteiger partial charge is 0.465 e. The van der Waals surface area contributed by atoms with Gasteiger partial charge >= 0.3 is 5.97 Å². The molecule has 0 radical (unpaired) electrons. The first kappa shape index (κ1) is 10.7. The number of hydrogen-bond acceptors (Lipinski definition) is 3. The van der Waals surface area contributed by atoms with E-state index in [2.05, 4.69) is 4.74 Å². The lowest BCUT2D eigenvalue weighted by Gasteiger charge is -2.04. The van der Waals surface area contributed by atoms with E-state index in [1.165, 1.54) is 7.11 Å². The predicted molar refractivity (Wildman–Crippen MR) is 55.6 cm³/mol. The Balaban J connectivity index is 2.77. The van der Waals surface area contributed by atoms with Crippen LogP contribution in [0.25, 0.3) is 0 Å². The normalized spacial score (nSPS) is 17.9. The molecule has 0 spiro atoms. The van der Waals surface area contributed by atoms with Gasteiger partial charge in [0.25, 0.3) is 0 Å². The fraction of sp³-hybridized carbons (Fsp3) is 0.364. The molecule has 3 nitrogen and oxygen atoms in total. The van der Waals surface area contributed by atoms with Gasteiger partial charge in [0.15, 0.2) is 0 Å². The van der Waals surface area contributed by atoms with Crippen molar-refractivity contribution in [2.75, 3.05) is 7.11 Å². The van der Waals surface area contributed by atoms with E-state index >= 15 is 0 Å². The van der Waals surface area contributed by atoms with Crippen LogP contribution in [-0.4, -0.2) is 19.1 Å². The molecule has 3 heteroatoms. The number of allylic oxidation sites excluding steroid dienone is 2. The van der Waals surface area contributed by atoms with Crippen LogP contribution in [0.1, 0.15) is 13.3 Å². The van der Waals surface area contributed by atoms with Gasteiger partial charge < -0.3 is 10.5 Å². The molecule has 0 amide bonds. The molecule has 1 rings (SSSR count). The molecular weight excluding hydrogens is 178 g/mol. The van der Waals surface area contributed by atoms with Crippen molar-refractivity contribution >= 4 is 5.97 Å². The van der Waals surface area contributed by atoms with Crippen molar-refractivity contribution in [2.45, 2.75) is 19.4 Å². The summed E-state index contributed by atoms with van der Waals surface area (Å²) in [6.07, 6.45) is 8.16. The molecule has 1 aliphatic rings. The van der Waals surface area contributed by atoms with Crippen molar-refractivity contribution in [3.63, 3.8) is 0 Å². The van der Waals surface area contributed by atoms with Gasteiger partial charge in [-0.25, -0.2) is 4.79 Å². The fourth-order valence-electron chi connectivity index (χ4n) is 1.25. The summed E-state index contributed by atoms with van der Waals surface area (Å²) >= 11 is 0. The fourth-order valence-corrected chi connectivity index (χ4v) is 1.25. The van der Waals surface area contributed by atoms with Crippen LogP contribution in [0.4, 0.5) is 0 Å². The molecule has 76 valence electrons. The highest BCUT2D eigenvalue weighted by Gasteiger charge is 2.08. The van der Waals surface area contributed by atoms with Crippen LogP contribution in [0.5, 0.6) is 0 Å². The van der Waals surface area contributed by atoms with Crippen LogP contribution in [0.15, 0.2) is 35.5 Å². The lowest BCUT2D eigenvalue weighted by atomic mass is 10.1. The number of rotatable bonds is 2. The van der Waals surface area contributed by atoms with Crippen LogP contribution in [0.2, 0.25) is 0 Å². The number of nitrogens with two attached hydrogens (primary N) is 1. The Morgan fingerprint density at radius 1 is 1.50 bits per heavy atom. The second-order valence-electron chi connectivity index (χ2n) is 3.21. The maximum absolute atomic E-state index is 11.2. The third-order valence-corrected chi connectivity index (χ3v) is 2.09. The zero-order valence-corrected chi connectivity index (χ0v) is 8.49. The van der Waals surface area contributed by atoms with Crippen molar-refractivity contribution < 1.29 is 9.53 Å². The molecule has 0 fully saturated rings. The minimum atomic E-state index is -0.305. The highest BCUT2D eigenvalue weighted by Crippen LogP contribution is 2.13. The summed E-state index contributed by atoms with van der Waals surface area (Å²) in [7, 11) is 1.38. The quantitative estimate of drug-likeness (QED) is 0.673.